The Morgan fingerprint density at radius 2 is 1.17 bits per heavy atom. The van der Waals surface area contributed by atoms with E-state index >= 15 is 0 Å². The predicted octanol–water partition coefficient (Wildman–Crippen LogP) is 6.17. The molecule has 2 amide bonds. The van der Waals surface area contributed by atoms with Gasteiger partial charge in [0.15, 0.2) is 5.82 Å². The number of carbonyl (C=O) groups is 2. The predicted molar refractivity (Wildman–Crippen MR) is 141 cm³/mol. The van der Waals surface area contributed by atoms with E-state index in [1.165, 1.54) is 0 Å². The van der Waals surface area contributed by atoms with Crippen LogP contribution in [0, 0.1) is 11.8 Å². The van der Waals surface area contributed by atoms with Gasteiger partial charge in [-0.15, -0.1) is 0 Å². The summed E-state index contributed by atoms with van der Waals surface area (Å²) in [4.78, 5) is 34.1. The van der Waals surface area contributed by atoms with E-state index in [1.807, 2.05) is 84.9 Å². The summed E-state index contributed by atoms with van der Waals surface area (Å²) in [6, 6.07) is 27.4. The first-order valence-electron chi connectivity index (χ1n) is 12.4. The number of nitrogens with zero attached hydrogens (tertiary/aromatic N) is 2. The number of hydrogen-bond donors (Lipinski definition) is 2. The molecule has 2 aliphatic rings. The van der Waals surface area contributed by atoms with Gasteiger partial charge in [0.2, 0.25) is 11.8 Å². The first kappa shape index (κ1) is 22.2. The minimum absolute atomic E-state index is 0.0781. The maximum atomic E-state index is 12.3. The number of nitrogens with one attached hydrogen (secondary N) is 2. The van der Waals surface area contributed by atoms with Crippen LogP contribution in [0.3, 0.4) is 0 Å². The lowest BCUT2D eigenvalue weighted by atomic mass is 10.1. The number of amides is 2. The zero-order valence-corrected chi connectivity index (χ0v) is 19.8. The zero-order valence-electron chi connectivity index (χ0n) is 19.8. The summed E-state index contributed by atoms with van der Waals surface area (Å²) < 4.78 is 0. The van der Waals surface area contributed by atoms with Crippen LogP contribution in [0.1, 0.15) is 25.7 Å². The van der Waals surface area contributed by atoms with Crippen molar-refractivity contribution in [2.45, 2.75) is 25.7 Å². The Kier molecular flexibility index (Phi) is 5.77. The van der Waals surface area contributed by atoms with Gasteiger partial charge in [-0.3, -0.25) is 9.59 Å². The van der Waals surface area contributed by atoms with Crippen molar-refractivity contribution in [3.63, 3.8) is 0 Å². The smallest absolute Gasteiger partial charge is 0.227 e. The van der Waals surface area contributed by atoms with Gasteiger partial charge >= 0.3 is 0 Å². The molecular weight excluding hydrogens is 448 g/mol. The van der Waals surface area contributed by atoms with Crippen LogP contribution in [-0.4, -0.2) is 21.8 Å². The van der Waals surface area contributed by atoms with Crippen LogP contribution in [0.25, 0.3) is 33.9 Å². The molecule has 178 valence electrons. The third-order valence-electron chi connectivity index (χ3n) is 6.53. The molecule has 4 aromatic rings. The van der Waals surface area contributed by atoms with Gasteiger partial charge in [-0.25, -0.2) is 9.97 Å². The van der Waals surface area contributed by atoms with Crippen molar-refractivity contribution in [3.05, 3.63) is 84.9 Å². The van der Waals surface area contributed by atoms with Gasteiger partial charge in [0.25, 0.3) is 0 Å². The fourth-order valence-electron chi connectivity index (χ4n) is 4.12. The number of anilines is 2. The molecule has 2 aliphatic carbocycles. The minimum atomic E-state index is 0.0781. The minimum Gasteiger partial charge on any atom is -0.326 e. The molecule has 0 unspecified atom stereocenters. The van der Waals surface area contributed by atoms with E-state index in [-0.39, 0.29) is 23.7 Å². The highest BCUT2D eigenvalue weighted by atomic mass is 16.2. The van der Waals surface area contributed by atoms with E-state index in [9.17, 15) is 9.59 Å². The lowest BCUT2D eigenvalue weighted by molar-refractivity contribution is -0.118. The Morgan fingerprint density at radius 3 is 1.81 bits per heavy atom. The third-order valence-corrected chi connectivity index (χ3v) is 6.53. The number of rotatable bonds is 7. The maximum Gasteiger partial charge on any atom is 0.227 e. The molecule has 1 aromatic heterocycles. The van der Waals surface area contributed by atoms with Crippen molar-refractivity contribution in [1.29, 1.82) is 0 Å². The summed E-state index contributed by atoms with van der Waals surface area (Å²) in [5, 5.41) is 6.01. The molecule has 6 rings (SSSR count). The molecule has 0 aliphatic heterocycles. The van der Waals surface area contributed by atoms with Crippen LogP contribution in [0.2, 0.25) is 0 Å². The molecular formula is C30H26N4O2. The number of carbonyl (C=O) groups excluding carboxylic acids is 2. The maximum absolute atomic E-state index is 12.3. The highest BCUT2D eigenvalue weighted by Crippen LogP contribution is 2.33. The molecule has 2 fully saturated rings. The Morgan fingerprint density at radius 1 is 0.583 bits per heavy atom. The monoisotopic (exact) mass is 474 g/mol. The summed E-state index contributed by atoms with van der Waals surface area (Å²) in [6.07, 6.45) is 3.87. The van der Waals surface area contributed by atoms with Crippen LogP contribution in [0.15, 0.2) is 84.9 Å². The standard InChI is InChI=1S/C30H26N4O2/c35-29(21-9-10-21)31-24-15-13-19(14-16-24)26-18-27(34-28(33-26)20-5-2-1-3-6-20)23-7-4-8-25(17-23)32-30(36)22-11-12-22/h1-8,13-18,21-22H,9-12H2,(H,31,35)(H,32,36). The van der Waals surface area contributed by atoms with E-state index in [4.69, 9.17) is 9.97 Å². The largest absolute Gasteiger partial charge is 0.326 e. The van der Waals surface area contributed by atoms with Crippen molar-refractivity contribution in [3.8, 4) is 33.9 Å². The quantitative estimate of drug-likeness (QED) is 0.335. The second-order valence-electron chi connectivity index (χ2n) is 9.51. The summed E-state index contributed by atoms with van der Waals surface area (Å²) >= 11 is 0. The lowest BCUT2D eigenvalue weighted by Gasteiger charge is -2.11. The number of aromatic nitrogens is 2. The van der Waals surface area contributed by atoms with Crippen LogP contribution in [-0.2, 0) is 9.59 Å². The molecule has 3 aromatic carbocycles. The zero-order chi connectivity index (χ0) is 24.5. The van der Waals surface area contributed by atoms with Crippen molar-refractivity contribution in [1.82, 2.24) is 9.97 Å². The molecule has 2 N–H and O–H groups in total. The first-order chi connectivity index (χ1) is 17.6. The number of hydrogen-bond acceptors (Lipinski definition) is 4. The average molecular weight is 475 g/mol. The fraction of sp³-hybridized carbons (Fsp3) is 0.200. The van der Waals surface area contributed by atoms with E-state index in [1.54, 1.807) is 0 Å². The summed E-state index contributed by atoms with van der Waals surface area (Å²) in [5.41, 5.74) is 5.86. The van der Waals surface area contributed by atoms with Gasteiger partial charge in [-0.1, -0.05) is 54.6 Å². The molecule has 0 radical (unpaired) electrons. The molecule has 0 saturated heterocycles. The van der Waals surface area contributed by atoms with Crippen LogP contribution < -0.4 is 10.6 Å². The molecule has 0 atom stereocenters. The lowest BCUT2D eigenvalue weighted by Crippen LogP contribution is -2.13. The van der Waals surface area contributed by atoms with E-state index in [0.717, 1.165) is 65.1 Å². The Bertz CT molecular complexity index is 1430. The second kappa shape index (κ2) is 9.38. The first-order valence-corrected chi connectivity index (χ1v) is 12.4. The van der Waals surface area contributed by atoms with Gasteiger partial charge in [-0.2, -0.15) is 0 Å². The second-order valence-corrected chi connectivity index (χ2v) is 9.51. The molecule has 0 bridgehead atoms. The fourth-order valence-corrected chi connectivity index (χ4v) is 4.12. The van der Waals surface area contributed by atoms with Gasteiger partial charge < -0.3 is 10.6 Å². The molecule has 6 nitrogen and oxygen atoms in total. The SMILES string of the molecule is O=C(Nc1ccc(-c2cc(-c3cccc(NC(=O)C4CC4)c3)nc(-c3ccccc3)n2)cc1)C1CC1. The van der Waals surface area contributed by atoms with Crippen molar-refractivity contribution in [2.24, 2.45) is 11.8 Å². The van der Waals surface area contributed by atoms with E-state index in [0.29, 0.717) is 5.82 Å². The van der Waals surface area contributed by atoms with Crippen LogP contribution in [0.4, 0.5) is 11.4 Å². The highest BCUT2D eigenvalue weighted by molar-refractivity contribution is 5.95. The van der Waals surface area contributed by atoms with Gasteiger partial charge in [0.1, 0.15) is 0 Å². The van der Waals surface area contributed by atoms with E-state index < -0.39 is 0 Å². The Labute approximate surface area is 209 Å². The molecule has 6 heteroatoms. The number of benzene rings is 3. The van der Waals surface area contributed by atoms with Crippen molar-refractivity contribution in [2.75, 3.05) is 10.6 Å². The third kappa shape index (κ3) is 5.03. The normalized spacial score (nSPS) is 14.8. The Hall–Kier alpha value is -4.32. The van der Waals surface area contributed by atoms with Gasteiger partial charge in [-0.05, 0) is 56.0 Å². The van der Waals surface area contributed by atoms with Crippen molar-refractivity contribution >= 4 is 23.2 Å². The average Bonchev–Trinajstić information content (AvgIpc) is 3.83. The van der Waals surface area contributed by atoms with Crippen LogP contribution in [0.5, 0.6) is 0 Å². The summed E-state index contributed by atoms with van der Waals surface area (Å²) in [6.45, 7) is 0. The topological polar surface area (TPSA) is 84.0 Å². The summed E-state index contributed by atoms with van der Waals surface area (Å²) in [5.74, 6) is 1.09. The molecule has 2 saturated carbocycles. The Balaban J connectivity index is 1.35. The van der Waals surface area contributed by atoms with E-state index in [2.05, 4.69) is 10.6 Å². The molecule has 36 heavy (non-hydrogen) atoms. The van der Waals surface area contributed by atoms with Crippen molar-refractivity contribution < 1.29 is 9.59 Å². The molecule has 1 heterocycles. The van der Waals surface area contributed by atoms with Gasteiger partial charge in [0, 0.05) is 39.9 Å². The van der Waals surface area contributed by atoms with Crippen LogP contribution >= 0.6 is 0 Å². The molecule has 0 spiro atoms. The van der Waals surface area contributed by atoms with Gasteiger partial charge in [0.05, 0.1) is 11.4 Å². The highest BCUT2D eigenvalue weighted by Gasteiger charge is 2.30. The summed E-state index contributed by atoms with van der Waals surface area (Å²) in [7, 11) is 0.